The Morgan fingerprint density at radius 1 is 0.920 bits per heavy atom. The largest absolute Gasteiger partial charge is 0.432 e. The number of aromatic nitrogens is 5. The van der Waals surface area contributed by atoms with Crippen LogP contribution in [0.2, 0.25) is 0 Å². The van der Waals surface area contributed by atoms with E-state index < -0.39 is 0 Å². The quantitative estimate of drug-likeness (QED) is 0.423. The van der Waals surface area contributed by atoms with E-state index >= 15 is 0 Å². The number of para-hydroxylation sites is 1. The minimum Gasteiger partial charge on any atom is -0.356 e. The Bertz CT molecular complexity index is 1070. The molecule has 0 atom stereocenters. The van der Waals surface area contributed by atoms with Crippen molar-refractivity contribution < 1.29 is 9.31 Å². The molecule has 0 saturated carbocycles. The van der Waals surface area contributed by atoms with E-state index in [1.165, 1.54) is 4.52 Å². The standard InChI is InChI=1S/C17H13N7O/c18-15-13(14(25)11-7-3-1-4-8-11)21-22-17-20-16(19)23(24(15)17)12-9-5-2-6-10-12/h1-10H,(H3,18,19,20,22,25)/p+1. The van der Waals surface area contributed by atoms with Gasteiger partial charge in [0.25, 0.3) is 5.95 Å². The van der Waals surface area contributed by atoms with Gasteiger partial charge in [-0.1, -0.05) is 58.6 Å². The van der Waals surface area contributed by atoms with Crippen LogP contribution in [0.1, 0.15) is 16.1 Å². The minimum absolute atomic E-state index is 0.0424. The third-order valence-corrected chi connectivity index (χ3v) is 3.78. The van der Waals surface area contributed by atoms with Crippen LogP contribution >= 0.6 is 0 Å². The third kappa shape index (κ3) is 2.36. The summed E-state index contributed by atoms with van der Waals surface area (Å²) in [5.74, 6) is 0.200. The van der Waals surface area contributed by atoms with E-state index in [0.717, 1.165) is 5.69 Å². The summed E-state index contributed by atoms with van der Waals surface area (Å²) in [7, 11) is 0. The molecule has 0 fully saturated rings. The smallest absolute Gasteiger partial charge is 0.356 e. The average molecular weight is 332 g/mol. The summed E-state index contributed by atoms with van der Waals surface area (Å²) in [6.07, 6.45) is 0. The fourth-order valence-electron chi connectivity index (χ4n) is 2.62. The van der Waals surface area contributed by atoms with Crippen molar-refractivity contribution in [3.05, 3.63) is 71.9 Å². The summed E-state index contributed by atoms with van der Waals surface area (Å²) in [5.41, 5.74) is 13.5. The molecule has 25 heavy (non-hydrogen) atoms. The number of fused-ring (bicyclic) bond motifs is 1. The molecule has 4 N–H and O–H groups in total. The van der Waals surface area contributed by atoms with Crippen LogP contribution in [-0.4, -0.2) is 25.6 Å². The normalized spacial score (nSPS) is 10.9. The molecule has 4 aromatic rings. The molecular formula is C17H14N7O+. The van der Waals surface area contributed by atoms with Crippen LogP contribution in [0.3, 0.4) is 0 Å². The highest BCUT2D eigenvalue weighted by molar-refractivity contribution is 6.09. The Balaban J connectivity index is 1.95. The topological polar surface area (TPSA) is 117 Å². The van der Waals surface area contributed by atoms with Crippen molar-refractivity contribution in [3.8, 4) is 5.69 Å². The van der Waals surface area contributed by atoms with Crippen molar-refractivity contribution in [2.75, 3.05) is 11.5 Å². The van der Waals surface area contributed by atoms with Crippen molar-refractivity contribution in [2.24, 2.45) is 0 Å². The second-order valence-corrected chi connectivity index (χ2v) is 5.36. The van der Waals surface area contributed by atoms with E-state index in [1.807, 2.05) is 36.4 Å². The number of nitrogens with zero attached hydrogens (tertiary/aromatic N) is 5. The van der Waals surface area contributed by atoms with Gasteiger partial charge in [-0.25, -0.2) is 0 Å². The van der Waals surface area contributed by atoms with Gasteiger partial charge in [0.1, 0.15) is 0 Å². The fraction of sp³-hybridized carbons (Fsp3) is 0. The zero-order valence-corrected chi connectivity index (χ0v) is 13.1. The van der Waals surface area contributed by atoms with Gasteiger partial charge in [0, 0.05) is 10.7 Å². The summed E-state index contributed by atoms with van der Waals surface area (Å²) in [6, 6.07) is 18.1. The number of ketones is 1. The van der Waals surface area contributed by atoms with Crippen LogP contribution in [0, 0.1) is 0 Å². The maximum Gasteiger partial charge on any atom is 0.432 e. The zero-order valence-electron chi connectivity index (χ0n) is 13.1. The highest BCUT2D eigenvalue weighted by Gasteiger charge is 2.27. The first-order valence-corrected chi connectivity index (χ1v) is 7.54. The fourth-order valence-corrected chi connectivity index (χ4v) is 2.62. The van der Waals surface area contributed by atoms with Crippen molar-refractivity contribution in [2.45, 2.75) is 0 Å². The number of nitrogens with two attached hydrogens (primary N) is 2. The molecule has 0 aliphatic heterocycles. The van der Waals surface area contributed by atoms with Gasteiger partial charge in [-0.05, 0) is 12.1 Å². The van der Waals surface area contributed by atoms with E-state index in [-0.39, 0.29) is 29.0 Å². The summed E-state index contributed by atoms with van der Waals surface area (Å²) >= 11 is 0. The number of anilines is 2. The van der Waals surface area contributed by atoms with Crippen LogP contribution in [-0.2, 0) is 0 Å². The van der Waals surface area contributed by atoms with E-state index in [9.17, 15) is 4.79 Å². The molecule has 122 valence electrons. The Morgan fingerprint density at radius 3 is 2.24 bits per heavy atom. The average Bonchev–Trinajstić information content (AvgIpc) is 3.00. The molecule has 8 heteroatoms. The van der Waals surface area contributed by atoms with Crippen LogP contribution in [0.4, 0.5) is 11.8 Å². The Labute approximate surface area is 142 Å². The number of nitrogen functional groups attached to an aromatic ring is 2. The molecule has 0 bridgehead atoms. The van der Waals surface area contributed by atoms with Gasteiger partial charge < -0.3 is 11.5 Å². The summed E-state index contributed by atoms with van der Waals surface area (Å²) in [5, 5.41) is 7.95. The summed E-state index contributed by atoms with van der Waals surface area (Å²) in [4.78, 5) is 16.9. The summed E-state index contributed by atoms with van der Waals surface area (Å²) < 4.78 is 3.06. The molecule has 0 radical (unpaired) electrons. The second kappa shape index (κ2) is 5.68. The second-order valence-electron chi connectivity index (χ2n) is 5.36. The highest BCUT2D eigenvalue weighted by Crippen LogP contribution is 2.15. The van der Waals surface area contributed by atoms with E-state index in [2.05, 4.69) is 15.2 Å². The number of carbonyl (C=O) groups excluding carboxylic acids is 1. The van der Waals surface area contributed by atoms with E-state index in [0.29, 0.717) is 5.56 Å². The first kappa shape index (κ1) is 14.8. The van der Waals surface area contributed by atoms with E-state index in [4.69, 9.17) is 11.5 Å². The Morgan fingerprint density at radius 2 is 1.56 bits per heavy atom. The molecule has 8 nitrogen and oxygen atoms in total. The van der Waals surface area contributed by atoms with Crippen LogP contribution in [0.15, 0.2) is 60.7 Å². The van der Waals surface area contributed by atoms with Crippen molar-refractivity contribution in [1.82, 2.24) is 19.9 Å². The summed E-state index contributed by atoms with van der Waals surface area (Å²) in [6.45, 7) is 0. The number of hydrogen-bond acceptors (Lipinski definition) is 6. The van der Waals surface area contributed by atoms with Gasteiger partial charge in [-0.3, -0.25) is 4.79 Å². The van der Waals surface area contributed by atoms with Crippen molar-refractivity contribution >= 4 is 23.3 Å². The van der Waals surface area contributed by atoms with Gasteiger partial charge in [0.05, 0.1) is 5.69 Å². The first-order chi connectivity index (χ1) is 12.2. The lowest BCUT2D eigenvalue weighted by atomic mass is 10.1. The van der Waals surface area contributed by atoms with Gasteiger partial charge in [-0.2, -0.15) is 4.68 Å². The predicted molar refractivity (Wildman–Crippen MR) is 91.0 cm³/mol. The van der Waals surface area contributed by atoms with Crippen LogP contribution in [0.5, 0.6) is 0 Å². The maximum absolute atomic E-state index is 12.7. The minimum atomic E-state index is -0.320. The van der Waals surface area contributed by atoms with Gasteiger partial charge >= 0.3 is 5.78 Å². The maximum atomic E-state index is 12.7. The lowest BCUT2D eigenvalue weighted by Crippen LogP contribution is -2.39. The zero-order chi connectivity index (χ0) is 17.4. The van der Waals surface area contributed by atoms with Crippen LogP contribution < -0.4 is 16.0 Å². The number of rotatable bonds is 3. The molecule has 2 heterocycles. The molecule has 0 amide bonds. The van der Waals surface area contributed by atoms with E-state index in [1.54, 1.807) is 28.9 Å². The molecule has 0 aliphatic carbocycles. The van der Waals surface area contributed by atoms with Crippen LogP contribution in [0.25, 0.3) is 11.5 Å². The molecule has 0 saturated heterocycles. The Hall–Kier alpha value is -3.81. The lowest BCUT2D eigenvalue weighted by Gasteiger charge is -2.06. The molecule has 2 aromatic carbocycles. The van der Waals surface area contributed by atoms with Gasteiger partial charge in [-0.15, -0.1) is 4.52 Å². The predicted octanol–water partition coefficient (Wildman–Crippen LogP) is 0.796. The molecule has 0 aliphatic rings. The molecule has 0 unspecified atom stereocenters. The van der Waals surface area contributed by atoms with Crippen molar-refractivity contribution in [3.63, 3.8) is 0 Å². The SMILES string of the molecule is Nc1nc2nnc(C(=O)c3ccccc3)c(N)[n+]2n1-c1ccccc1. The monoisotopic (exact) mass is 332 g/mol. The van der Waals surface area contributed by atoms with Gasteiger partial charge in [0.15, 0.2) is 0 Å². The lowest BCUT2D eigenvalue weighted by molar-refractivity contribution is -0.585. The third-order valence-electron chi connectivity index (χ3n) is 3.78. The Kier molecular flexibility index (Phi) is 3.35. The van der Waals surface area contributed by atoms with Gasteiger partial charge in [0.2, 0.25) is 17.3 Å². The molecule has 0 spiro atoms. The molecular weight excluding hydrogens is 318 g/mol. The number of benzene rings is 2. The number of carbonyl (C=O) groups is 1. The van der Waals surface area contributed by atoms with Crippen molar-refractivity contribution in [1.29, 1.82) is 0 Å². The molecule has 4 rings (SSSR count). The first-order valence-electron chi connectivity index (χ1n) is 7.54. The number of hydrogen-bond donors (Lipinski definition) is 2. The molecule has 2 aromatic heterocycles. The highest BCUT2D eigenvalue weighted by atomic mass is 16.1.